The molecule has 1 rings (SSSR count). The first-order chi connectivity index (χ1) is 8.68. The molecule has 1 amide bonds. The Kier molecular flexibility index (Phi) is 4.98. The average molecular weight is 263 g/mol. The van der Waals surface area contributed by atoms with E-state index in [-0.39, 0.29) is 11.6 Å². The number of hydrogen-bond donors (Lipinski definition) is 1. The molecule has 1 N–H and O–H groups in total. The Morgan fingerprint density at radius 2 is 1.68 bits per heavy atom. The van der Waals surface area contributed by atoms with Gasteiger partial charge in [-0.25, -0.2) is 4.79 Å². The lowest BCUT2D eigenvalue weighted by Gasteiger charge is -2.28. The quantitative estimate of drug-likeness (QED) is 0.894. The number of hydrogen-bond acceptors (Lipinski definition) is 2. The SMILES string of the molecule is CC(C)(C)NC(=O)OC(C)(C)CCc1ccccc1. The van der Waals surface area contributed by atoms with E-state index in [4.69, 9.17) is 4.74 Å². The van der Waals surface area contributed by atoms with Gasteiger partial charge >= 0.3 is 6.09 Å². The molecule has 0 aliphatic rings. The van der Waals surface area contributed by atoms with Crippen LogP contribution >= 0.6 is 0 Å². The highest BCUT2D eigenvalue weighted by Gasteiger charge is 2.24. The van der Waals surface area contributed by atoms with E-state index in [1.165, 1.54) is 5.56 Å². The van der Waals surface area contributed by atoms with Crippen molar-refractivity contribution in [2.24, 2.45) is 0 Å². The van der Waals surface area contributed by atoms with Crippen LogP contribution in [-0.4, -0.2) is 17.2 Å². The molecule has 0 aromatic heterocycles. The van der Waals surface area contributed by atoms with E-state index in [9.17, 15) is 4.79 Å². The van der Waals surface area contributed by atoms with Crippen molar-refractivity contribution < 1.29 is 9.53 Å². The smallest absolute Gasteiger partial charge is 0.408 e. The molecular weight excluding hydrogens is 238 g/mol. The van der Waals surface area contributed by atoms with Crippen LogP contribution in [0.1, 0.15) is 46.6 Å². The van der Waals surface area contributed by atoms with Crippen LogP contribution in [0.2, 0.25) is 0 Å². The maximum Gasteiger partial charge on any atom is 0.408 e. The molecule has 0 aliphatic carbocycles. The van der Waals surface area contributed by atoms with Crippen molar-refractivity contribution in [3.63, 3.8) is 0 Å². The Labute approximate surface area is 116 Å². The zero-order valence-corrected chi connectivity index (χ0v) is 12.6. The number of carbonyl (C=O) groups excluding carboxylic acids is 1. The lowest BCUT2D eigenvalue weighted by molar-refractivity contribution is 0.0290. The Balaban J connectivity index is 2.45. The lowest BCUT2D eigenvalue weighted by Crippen LogP contribution is -2.44. The highest BCUT2D eigenvalue weighted by molar-refractivity contribution is 5.68. The minimum absolute atomic E-state index is 0.271. The third-order valence-corrected chi connectivity index (χ3v) is 2.70. The molecular formula is C16H25NO2. The highest BCUT2D eigenvalue weighted by Crippen LogP contribution is 2.18. The minimum atomic E-state index is -0.467. The maximum atomic E-state index is 11.8. The van der Waals surface area contributed by atoms with Crippen molar-refractivity contribution in [2.45, 2.75) is 58.6 Å². The number of alkyl carbamates (subject to hydrolysis) is 1. The number of carbonyl (C=O) groups is 1. The fraction of sp³-hybridized carbons (Fsp3) is 0.562. The number of nitrogens with one attached hydrogen (secondary N) is 1. The summed E-state index contributed by atoms with van der Waals surface area (Å²) in [5.74, 6) is 0. The van der Waals surface area contributed by atoms with Crippen molar-refractivity contribution in [3.8, 4) is 0 Å². The zero-order valence-electron chi connectivity index (χ0n) is 12.6. The Bertz CT molecular complexity index is 405. The highest BCUT2D eigenvalue weighted by atomic mass is 16.6. The van der Waals surface area contributed by atoms with Crippen molar-refractivity contribution in [1.29, 1.82) is 0 Å². The monoisotopic (exact) mass is 263 g/mol. The fourth-order valence-corrected chi connectivity index (χ4v) is 1.72. The first-order valence-electron chi connectivity index (χ1n) is 6.73. The summed E-state index contributed by atoms with van der Waals surface area (Å²) in [6.45, 7) is 9.69. The number of ether oxygens (including phenoxy) is 1. The molecule has 0 saturated heterocycles. The van der Waals surface area contributed by atoms with Crippen molar-refractivity contribution >= 4 is 6.09 Å². The number of benzene rings is 1. The predicted octanol–water partition coefficient (Wildman–Crippen LogP) is 3.92. The molecule has 3 nitrogen and oxygen atoms in total. The first-order valence-corrected chi connectivity index (χ1v) is 6.73. The van der Waals surface area contributed by atoms with E-state index >= 15 is 0 Å². The summed E-state index contributed by atoms with van der Waals surface area (Å²) >= 11 is 0. The standard InChI is InChI=1S/C16H25NO2/c1-15(2,3)17-14(18)19-16(4,5)12-11-13-9-7-6-8-10-13/h6-10H,11-12H2,1-5H3,(H,17,18). The number of amides is 1. The summed E-state index contributed by atoms with van der Waals surface area (Å²) in [6.07, 6.45) is 1.34. The molecule has 3 heteroatoms. The van der Waals surface area contributed by atoms with Crippen LogP contribution in [0.25, 0.3) is 0 Å². The van der Waals surface area contributed by atoms with Gasteiger partial charge in [0.1, 0.15) is 5.60 Å². The lowest BCUT2D eigenvalue weighted by atomic mass is 9.98. The van der Waals surface area contributed by atoms with Gasteiger partial charge in [-0.15, -0.1) is 0 Å². The molecule has 0 radical (unpaired) electrons. The second-order valence-corrected chi connectivity index (χ2v) is 6.51. The average Bonchev–Trinajstić information content (AvgIpc) is 2.24. The third kappa shape index (κ3) is 6.85. The Morgan fingerprint density at radius 3 is 2.21 bits per heavy atom. The van der Waals surface area contributed by atoms with Crippen LogP contribution < -0.4 is 5.32 Å². The zero-order chi connectivity index (χ0) is 14.5. The van der Waals surface area contributed by atoms with Crippen LogP contribution in [0.5, 0.6) is 0 Å². The molecule has 0 bridgehead atoms. The Hall–Kier alpha value is -1.51. The van der Waals surface area contributed by atoms with Crippen molar-refractivity contribution in [3.05, 3.63) is 35.9 Å². The van der Waals surface area contributed by atoms with Gasteiger partial charge in [0, 0.05) is 5.54 Å². The second kappa shape index (κ2) is 6.09. The van der Waals surface area contributed by atoms with Gasteiger partial charge in [0.25, 0.3) is 0 Å². The van der Waals surface area contributed by atoms with Gasteiger partial charge < -0.3 is 10.1 Å². The van der Waals surface area contributed by atoms with E-state index in [1.54, 1.807) is 0 Å². The van der Waals surface area contributed by atoms with Gasteiger partial charge in [0.05, 0.1) is 0 Å². The summed E-state index contributed by atoms with van der Waals surface area (Å²) in [6, 6.07) is 10.2. The summed E-state index contributed by atoms with van der Waals surface area (Å²) < 4.78 is 5.49. The molecule has 0 aliphatic heterocycles. The van der Waals surface area contributed by atoms with E-state index < -0.39 is 5.60 Å². The summed E-state index contributed by atoms with van der Waals surface area (Å²) in [5, 5.41) is 2.81. The van der Waals surface area contributed by atoms with Gasteiger partial charge in [-0.05, 0) is 53.0 Å². The van der Waals surface area contributed by atoms with Gasteiger partial charge in [-0.2, -0.15) is 0 Å². The molecule has 1 aromatic rings. The summed E-state index contributed by atoms with van der Waals surface area (Å²) in [7, 11) is 0. The van der Waals surface area contributed by atoms with Gasteiger partial charge in [-0.1, -0.05) is 30.3 Å². The third-order valence-electron chi connectivity index (χ3n) is 2.70. The van der Waals surface area contributed by atoms with Gasteiger partial charge in [0.2, 0.25) is 0 Å². The number of aryl methyl sites for hydroxylation is 1. The molecule has 0 unspecified atom stereocenters. The Morgan fingerprint density at radius 1 is 1.11 bits per heavy atom. The second-order valence-electron chi connectivity index (χ2n) is 6.51. The fourth-order valence-electron chi connectivity index (χ4n) is 1.72. The molecule has 0 atom stereocenters. The van der Waals surface area contributed by atoms with E-state index in [0.717, 1.165) is 12.8 Å². The van der Waals surface area contributed by atoms with E-state index in [2.05, 4.69) is 17.4 Å². The van der Waals surface area contributed by atoms with Crippen molar-refractivity contribution in [1.82, 2.24) is 5.32 Å². The molecule has 0 saturated carbocycles. The molecule has 1 aromatic carbocycles. The van der Waals surface area contributed by atoms with Crippen LogP contribution in [0.3, 0.4) is 0 Å². The van der Waals surface area contributed by atoms with Crippen LogP contribution in [0.15, 0.2) is 30.3 Å². The van der Waals surface area contributed by atoms with Gasteiger partial charge in [-0.3, -0.25) is 0 Å². The maximum absolute atomic E-state index is 11.8. The largest absolute Gasteiger partial charge is 0.444 e. The first kappa shape index (κ1) is 15.5. The summed E-state index contributed by atoms with van der Waals surface area (Å²) in [5.41, 5.74) is 0.521. The predicted molar refractivity (Wildman–Crippen MR) is 78.2 cm³/mol. The van der Waals surface area contributed by atoms with Crippen LogP contribution in [-0.2, 0) is 11.2 Å². The van der Waals surface area contributed by atoms with Gasteiger partial charge in [0.15, 0.2) is 0 Å². The molecule has 0 heterocycles. The molecule has 19 heavy (non-hydrogen) atoms. The van der Waals surface area contributed by atoms with Crippen LogP contribution in [0.4, 0.5) is 4.79 Å². The summed E-state index contributed by atoms with van der Waals surface area (Å²) in [4.78, 5) is 11.8. The molecule has 0 fully saturated rings. The van der Waals surface area contributed by atoms with E-state index in [1.807, 2.05) is 52.8 Å². The molecule has 0 spiro atoms. The minimum Gasteiger partial charge on any atom is -0.444 e. The topological polar surface area (TPSA) is 38.3 Å². The van der Waals surface area contributed by atoms with E-state index in [0.29, 0.717) is 0 Å². The molecule has 106 valence electrons. The number of rotatable bonds is 4. The van der Waals surface area contributed by atoms with Crippen molar-refractivity contribution in [2.75, 3.05) is 0 Å². The van der Waals surface area contributed by atoms with Crippen LogP contribution in [0, 0.1) is 0 Å². The normalized spacial score (nSPS) is 12.1.